The predicted octanol–water partition coefficient (Wildman–Crippen LogP) is 6.32. The molecule has 0 radical (unpaired) electrons. The maximum absolute atomic E-state index is 13.2. The molecule has 0 saturated carbocycles. The average Bonchev–Trinajstić information content (AvgIpc) is 3.54. The van der Waals surface area contributed by atoms with Crippen molar-refractivity contribution >= 4 is 39.0 Å². The zero-order valence-electron chi connectivity index (χ0n) is 24.2. The number of carbonyl (C=O) groups is 4. The van der Waals surface area contributed by atoms with Crippen molar-refractivity contribution in [1.82, 2.24) is 0 Å². The summed E-state index contributed by atoms with van der Waals surface area (Å²) in [7, 11) is -3.38. The molecule has 3 unspecified atom stereocenters. The van der Waals surface area contributed by atoms with Gasteiger partial charge >= 0.3 is 23.7 Å². The van der Waals surface area contributed by atoms with Crippen LogP contribution in [-0.2, 0) is 19.3 Å². The van der Waals surface area contributed by atoms with E-state index in [0.29, 0.717) is 44.6 Å². The molecule has 0 aliphatic carbocycles. The van der Waals surface area contributed by atoms with Gasteiger partial charge in [-0.3, -0.25) is 9.59 Å². The zero-order chi connectivity index (χ0) is 31.9. The summed E-state index contributed by atoms with van der Waals surface area (Å²) < 4.78 is 34.3. The fourth-order valence-corrected chi connectivity index (χ4v) is 6.07. The van der Waals surface area contributed by atoms with Crippen molar-refractivity contribution in [3.63, 3.8) is 0 Å². The molecule has 9 nitrogen and oxygen atoms in total. The highest BCUT2D eigenvalue weighted by atomic mass is 32.2. The number of esters is 2. The van der Waals surface area contributed by atoms with Crippen molar-refractivity contribution in [1.29, 1.82) is 0 Å². The van der Waals surface area contributed by atoms with Crippen molar-refractivity contribution in [3.05, 3.63) is 135 Å². The lowest BCUT2D eigenvalue weighted by molar-refractivity contribution is 0.0260. The number of nitrogens with zero attached hydrogens (tertiary/aromatic N) is 1. The summed E-state index contributed by atoms with van der Waals surface area (Å²) in [6.45, 7) is 1.74. The molecule has 0 bridgehead atoms. The zero-order valence-corrected chi connectivity index (χ0v) is 25.0. The number of rotatable bonds is 7. The van der Waals surface area contributed by atoms with E-state index in [1.807, 2.05) is 6.07 Å². The summed E-state index contributed by atoms with van der Waals surface area (Å²) >= 11 is 0. The summed E-state index contributed by atoms with van der Waals surface area (Å²) in [5.74, 6) is -2.03. The summed E-state index contributed by atoms with van der Waals surface area (Å²) in [5.41, 5.74) is 3.87. The van der Waals surface area contributed by atoms with Gasteiger partial charge < -0.3 is 9.47 Å². The standard InChI is InChI=1S/C35H26NO8S/c1-20(33-27-5-3-4-6-28(27)34(39)44-33)32(38)23-9-7-21(8-10-23)19-36-24-13-16-26-29(17-24)35(40)43-31(26)18-30(37)22-11-14-25(15-12-22)45(2,41)42/h3-17,20,31,33H,18H2,1-2H3/q+1. The number of sulfone groups is 1. The Morgan fingerprint density at radius 2 is 1.49 bits per heavy atom. The van der Waals surface area contributed by atoms with Crippen molar-refractivity contribution in [2.75, 3.05) is 6.26 Å². The number of hydrogen-bond acceptors (Lipinski definition) is 8. The molecule has 0 fully saturated rings. The quantitative estimate of drug-likeness (QED) is 0.174. The van der Waals surface area contributed by atoms with Gasteiger partial charge in [-0.25, -0.2) is 18.0 Å². The summed E-state index contributed by atoms with van der Waals surface area (Å²) in [4.78, 5) is 55.2. The van der Waals surface area contributed by atoms with Gasteiger partial charge in [0.25, 0.3) is 0 Å². The van der Waals surface area contributed by atoms with Gasteiger partial charge in [0.1, 0.15) is 17.8 Å². The van der Waals surface area contributed by atoms with Crippen LogP contribution >= 0.6 is 0 Å². The Kier molecular flexibility index (Phi) is 7.64. The molecule has 0 amide bonds. The molecule has 0 aromatic heterocycles. The number of fused-ring (bicyclic) bond motifs is 2. The molecule has 10 heteroatoms. The van der Waals surface area contributed by atoms with E-state index >= 15 is 0 Å². The summed E-state index contributed by atoms with van der Waals surface area (Å²) in [6.07, 6.45) is -0.422. The van der Waals surface area contributed by atoms with Crippen LogP contribution in [0.2, 0.25) is 0 Å². The number of cyclic esters (lactones) is 2. The second-order valence-electron chi connectivity index (χ2n) is 11.0. The fourth-order valence-electron chi connectivity index (χ4n) is 5.44. The molecule has 224 valence electrons. The molecule has 4 aromatic rings. The Labute approximate surface area is 259 Å². The topological polar surface area (TPSA) is 125 Å². The normalized spacial score (nSPS) is 17.3. The third-order valence-corrected chi connectivity index (χ3v) is 9.03. The second-order valence-corrected chi connectivity index (χ2v) is 13.0. The van der Waals surface area contributed by atoms with E-state index in [4.69, 9.17) is 9.47 Å². The molecular weight excluding hydrogens is 594 g/mol. The summed E-state index contributed by atoms with van der Waals surface area (Å²) in [5, 5.41) is 0. The van der Waals surface area contributed by atoms with E-state index in [0.717, 1.165) is 6.26 Å². The van der Waals surface area contributed by atoms with Crippen LogP contribution in [0.1, 0.15) is 83.7 Å². The van der Waals surface area contributed by atoms with Gasteiger partial charge in [0, 0.05) is 40.6 Å². The van der Waals surface area contributed by atoms with E-state index in [1.165, 1.54) is 24.3 Å². The second kappa shape index (κ2) is 11.6. The molecule has 0 spiro atoms. The van der Waals surface area contributed by atoms with Gasteiger partial charge in [0.2, 0.25) is 0 Å². The van der Waals surface area contributed by atoms with E-state index in [9.17, 15) is 27.6 Å². The Balaban J connectivity index is 1.12. The third-order valence-electron chi connectivity index (χ3n) is 7.90. The monoisotopic (exact) mass is 620 g/mol. The average molecular weight is 621 g/mol. The molecular formula is C35H26NO8S+. The fraction of sp³-hybridized carbons (Fsp3) is 0.171. The first-order valence-corrected chi connectivity index (χ1v) is 16.0. The van der Waals surface area contributed by atoms with Crippen molar-refractivity contribution in [2.45, 2.75) is 30.4 Å². The van der Waals surface area contributed by atoms with E-state index in [-0.39, 0.29) is 22.9 Å². The number of ketones is 2. The molecule has 2 heterocycles. The first kappa shape index (κ1) is 29.7. The molecule has 45 heavy (non-hydrogen) atoms. The minimum absolute atomic E-state index is 0.0922. The highest BCUT2D eigenvalue weighted by molar-refractivity contribution is 7.90. The van der Waals surface area contributed by atoms with Crippen LogP contribution in [0.25, 0.3) is 4.85 Å². The smallest absolute Gasteiger partial charge is 0.341 e. The highest BCUT2D eigenvalue weighted by Gasteiger charge is 2.38. The molecule has 4 aromatic carbocycles. The molecule has 0 N–H and O–H groups in total. The lowest BCUT2D eigenvalue weighted by Gasteiger charge is -2.18. The van der Waals surface area contributed by atoms with Crippen LogP contribution in [0, 0.1) is 12.0 Å². The van der Waals surface area contributed by atoms with Crippen LogP contribution in [0.3, 0.4) is 0 Å². The first-order chi connectivity index (χ1) is 21.5. The van der Waals surface area contributed by atoms with E-state index in [1.54, 1.807) is 67.6 Å². The minimum atomic E-state index is -3.38. The molecule has 6 rings (SSSR count). The number of carbonyl (C=O) groups excluding carboxylic acids is 4. The van der Waals surface area contributed by atoms with Gasteiger partial charge in [-0.05, 0) is 53.4 Å². The van der Waals surface area contributed by atoms with Crippen molar-refractivity contribution in [2.24, 2.45) is 5.92 Å². The lowest BCUT2D eigenvalue weighted by atomic mass is 9.89. The molecule has 2 aliphatic heterocycles. The number of benzene rings is 4. The van der Waals surface area contributed by atoms with Gasteiger partial charge in [-0.1, -0.05) is 37.3 Å². The van der Waals surface area contributed by atoms with Gasteiger partial charge in [-0.15, -0.1) is 0 Å². The Bertz CT molecular complexity index is 2060. The molecule has 3 atom stereocenters. The SMILES string of the molecule is CC(C(=O)c1ccc(C#[N+]c2ccc3c(c2)C(=O)OC3CC(=O)c2ccc(S(C)(=O)=O)cc2)cc1)C1OC(=O)c2ccccc21. The van der Waals surface area contributed by atoms with Crippen LogP contribution in [0.5, 0.6) is 0 Å². The molecule has 2 aliphatic rings. The number of Topliss-reactive ketones (excluding diaryl/α,β-unsaturated/α-hetero) is 2. The Morgan fingerprint density at radius 1 is 0.822 bits per heavy atom. The van der Waals surface area contributed by atoms with Crippen LogP contribution in [0.4, 0.5) is 5.69 Å². The van der Waals surface area contributed by atoms with Gasteiger partial charge in [0.05, 0.1) is 28.4 Å². The number of ether oxygens (including phenoxy) is 2. The van der Waals surface area contributed by atoms with Crippen LogP contribution < -0.4 is 0 Å². The van der Waals surface area contributed by atoms with Crippen molar-refractivity contribution < 1.29 is 37.1 Å². The first-order valence-electron chi connectivity index (χ1n) is 14.1. The van der Waals surface area contributed by atoms with Crippen LogP contribution in [0.15, 0.2) is 95.9 Å². The molecule has 0 saturated heterocycles. The van der Waals surface area contributed by atoms with E-state index in [2.05, 4.69) is 10.9 Å². The maximum atomic E-state index is 13.2. The van der Waals surface area contributed by atoms with Crippen LogP contribution in [-0.4, -0.2) is 38.2 Å². The number of hydrogen-bond donors (Lipinski definition) is 0. The third kappa shape index (κ3) is 5.90. The largest absolute Gasteiger partial charge is 0.453 e. The van der Waals surface area contributed by atoms with Gasteiger partial charge in [-0.2, -0.15) is 0 Å². The Morgan fingerprint density at radius 3 is 2.20 bits per heavy atom. The van der Waals surface area contributed by atoms with Crippen molar-refractivity contribution in [3.8, 4) is 6.07 Å². The highest BCUT2D eigenvalue weighted by Crippen LogP contribution is 2.38. The predicted molar refractivity (Wildman–Crippen MR) is 164 cm³/mol. The van der Waals surface area contributed by atoms with E-state index < -0.39 is 39.9 Å². The van der Waals surface area contributed by atoms with Gasteiger partial charge in [0.15, 0.2) is 21.4 Å². The summed E-state index contributed by atoms with van der Waals surface area (Å²) in [6, 6.07) is 27.3. The maximum Gasteiger partial charge on any atom is 0.341 e. The lowest BCUT2D eigenvalue weighted by Crippen LogP contribution is -2.20. The Hall–Kier alpha value is -5.40. The minimum Gasteiger partial charge on any atom is -0.453 e.